The minimum atomic E-state index is -0.370. The van der Waals surface area contributed by atoms with Crippen LogP contribution in [0.15, 0.2) is 11.1 Å². The van der Waals surface area contributed by atoms with Crippen LogP contribution in [0, 0.1) is 0 Å². The Hall–Kier alpha value is -1.07. The molecule has 0 aromatic carbocycles. The average molecular weight is 232 g/mol. The SMILES string of the molecule is CCC(O)CCNc1nc[nH]c(=O)c1Cl. The Labute approximate surface area is 92.5 Å². The van der Waals surface area contributed by atoms with Crippen LogP contribution in [0.4, 0.5) is 5.82 Å². The van der Waals surface area contributed by atoms with Crippen LogP contribution in [0.3, 0.4) is 0 Å². The van der Waals surface area contributed by atoms with E-state index in [1.165, 1.54) is 6.33 Å². The van der Waals surface area contributed by atoms with Crippen LogP contribution in [0.5, 0.6) is 0 Å². The first-order valence-corrected chi connectivity index (χ1v) is 5.18. The number of aromatic nitrogens is 2. The highest BCUT2D eigenvalue weighted by Gasteiger charge is 2.05. The summed E-state index contributed by atoms with van der Waals surface area (Å²) in [5, 5.41) is 12.2. The second-order valence-electron chi connectivity index (χ2n) is 3.17. The highest BCUT2D eigenvalue weighted by molar-refractivity contribution is 6.32. The summed E-state index contributed by atoms with van der Waals surface area (Å²) in [5.41, 5.74) is -0.370. The van der Waals surface area contributed by atoms with Crippen LogP contribution in [0.25, 0.3) is 0 Å². The van der Waals surface area contributed by atoms with Gasteiger partial charge in [0.15, 0.2) is 5.82 Å². The lowest BCUT2D eigenvalue weighted by Gasteiger charge is -2.09. The molecule has 0 saturated carbocycles. The monoisotopic (exact) mass is 231 g/mol. The van der Waals surface area contributed by atoms with E-state index in [0.29, 0.717) is 25.2 Å². The van der Waals surface area contributed by atoms with E-state index < -0.39 is 0 Å². The number of aliphatic hydroxyl groups excluding tert-OH is 1. The number of aliphatic hydroxyl groups is 1. The van der Waals surface area contributed by atoms with Gasteiger partial charge >= 0.3 is 0 Å². The van der Waals surface area contributed by atoms with Crippen molar-refractivity contribution in [3.05, 3.63) is 21.7 Å². The number of anilines is 1. The first-order chi connectivity index (χ1) is 7.15. The largest absolute Gasteiger partial charge is 0.393 e. The van der Waals surface area contributed by atoms with Crippen LogP contribution in [0.2, 0.25) is 5.02 Å². The summed E-state index contributed by atoms with van der Waals surface area (Å²) in [4.78, 5) is 17.3. The van der Waals surface area contributed by atoms with Crippen LogP contribution in [-0.4, -0.2) is 27.7 Å². The fraction of sp³-hybridized carbons (Fsp3) is 0.556. The van der Waals surface area contributed by atoms with Crippen LogP contribution >= 0.6 is 11.6 Å². The Bertz CT molecular complexity index is 367. The summed E-state index contributed by atoms with van der Waals surface area (Å²) in [6.45, 7) is 2.44. The van der Waals surface area contributed by atoms with Gasteiger partial charge in [0.2, 0.25) is 0 Å². The molecular formula is C9H14ClN3O2. The van der Waals surface area contributed by atoms with Gasteiger partial charge < -0.3 is 15.4 Å². The minimum absolute atomic E-state index is 0.0449. The minimum Gasteiger partial charge on any atom is -0.393 e. The number of hydrogen-bond donors (Lipinski definition) is 3. The zero-order valence-electron chi connectivity index (χ0n) is 8.46. The molecule has 0 radical (unpaired) electrons. The summed E-state index contributed by atoms with van der Waals surface area (Å²) in [7, 11) is 0. The standard InChI is InChI=1S/C9H14ClN3O2/c1-2-6(14)3-4-11-8-7(10)9(15)13-5-12-8/h5-6,14H,2-4H2,1H3,(H2,11,12,13,15). The summed E-state index contributed by atoms with van der Waals surface area (Å²) in [6, 6.07) is 0. The Morgan fingerprint density at radius 3 is 3.13 bits per heavy atom. The molecule has 1 atom stereocenters. The Kier molecular flexibility index (Phi) is 4.58. The van der Waals surface area contributed by atoms with E-state index in [2.05, 4.69) is 15.3 Å². The summed E-state index contributed by atoms with van der Waals surface area (Å²) in [6.07, 6.45) is 2.25. The van der Waals surface area contributed by atoms with Gasteiger partial charge in [-0.15, -0.1) is 0 Å². The fourth-order valence-corrected chi connectivity index (χ4v) is 1.24. The third-order valence-corrected chi connectivity index (χ3v) is 2.39. The number of rotatable bonds is 5. The topological polar surface area (TPSA) is 78.0 Å². The molecule has 0 saturated heterocycles. The van der Waals surface area contributed by atoms with Gasteiger partial charge in [-0.25, -0.2) is 4.98 Å². The molecule has 0 aliphatic heterocycles. The predicted molar refractivity (Wildman–Crippen MR) is 59.3 cm³/mol. The highest BCUT2D eigenvalue weighted by Crippen LogP contribution is 2.12. The lowest BCUT2D eigenvalue weighted by molar-refractivity contribution is 0.164. The number of aromatic amines is 1. The molecular weight excluding hydrogens is 218 g/mol. The van der Waals surface area contributed by atoms with Crippen molar-refractivity contribution in [2.45, 2.75) is 25.9 Å². The molecule has 1 aromatic heterocycles. The highest BCUT2D eigenvalue weighted by atomic mass is 35.5. The van der Waals surface area contributed by atoms with Crippen molar-refractivity contribution in [2.75, 3.05) is 11.9 Å². The van der Waals surface area contributed by atoms with Crippen molar-refractivity contribution in [1.82, 2.24) is 9.97 Å². The van der Waals surface area contributed by atoms with Crippen molar-refractivity contribution in [1.29, 1.82) is 0 Å². The molecule has 5 nitrogen and oxygen atoms in total. The fourth-order valence-electron chi connectivity index (χ4n) is 1.07. The van der Waals surface area contributed by atoms with Crippen molar-refractivity contribution < 1.29 is 5.11 Å². The molecule has 0 spiro atoms. The molecule has 15 heavy (non-hydrogen) atoms. The Morgan fingerprint density at radius 2 is 2.47 bits per heavy atom. The van der Waals surface area contributed by atoms with Crippen molar-refractivity contribution >= 4 is 17.4 Å². The van der Waals surface area contributed by atoms with E-state index in [1.54, 1.807) is 0 Å². The van der Waals surface area contributed by atoms with Gasteiger partial charge in [-0.1, -0.05) is 18.5 Å². The average Bonchev–Trinajstić information content (AvgIpc) is 2.24. The van der Waals surface area contributed by atoms with Crippen molar-refractivity contribution in [2.24, 2.45) is 0 Å². The van der Waals surface area contributed by atoms with E-state index in [-0.39, 0.29) is 16.7 Å². The molecule has 0 bridgehead atoms. The third kappa shape index (κ3) is 3.53. The predicted octanol–water partition coefficient (Wildman–Crippen LogP) is 0.996. The number of nitrogens with zero attached hydrogens (tertiary/aromatic N) is 1. The molecule has 3 N–H and O–H groups in total. The van der Waals surface area contributed by atoms with Crippen LogP contribution in [0.1, 0.15) is 19.8 Å². The van der Waals surface area contributed by atoms with E-state index in [0.717, 1.165) is 0 Å². The Balaban J connectivity index is 2.51. The first-order valence-electron chi connectivity index (χ1n) is 4.80. The quantitative estimate of drug-likeness (QED) is 0.707. The molecule has 1 heterocycles. The molecule has 1 rings (SSSR count). The summed E-state index contributed by atoms with van der Waals surface area (Å²) >= 11 is 5.71. The third-order valence-electron chi connectivity index (χ3n) is 2.04. The maximum atomic E-state index is 11.1. The number of halogens is 1. The zero-order valence-corrected chi connectivity index (χ0v) is 9.21. The van der Waals surface area contributed by atoms with Gasteiger partial charge in [-0.3, -0.25) is 4.79 Å². The van der Waals surface area contributed by atoms with E-state index in [4.69, 9.17) is 11.6 Å². The van der Waals surface area contributed by atoms with Gasteiger partial charge in [-0.05, 0) is 12.8 Å². The Morgan fingerprint density at radius 1 is 1.73 bits per heavy atom. The van der Waals surface area contributed by atoms with Crippen LogP contribution < -0.4 is 10.9 Å². The van der Waals surface area contributed by atoms with Gasteiger partial charge in [0, 0.05) is 6.54 Å². The maximum absolute atomic E-state index is 11.1. The lowest BCUT2D eigenvalue weighted by Crippen LogP contribution is -2.16. The van der Waals surface area contributed by atoms with Crippen LogP contribution in [-0.2, 0) is 0 Å². The van der Waals surface area contributed by atoms with E-state index >= 15 is 0 Å². The lowest BCUT2D eigenvalue weighted by atomic mass is 10.2. The summed E-state index contributed by atoms with van der Waals surface area (Å²) < 4.78 is 0. The number of nitrogens with one attached hydrogen (secondary N) is 2. The maximum Gasteiger partial charge on any atom is 0.271 e. The zero-order chi connectivity index (χ0) is 11.3. The van der Waals surface area contributed by atoms with Gasteiger partial charge in [-0.2, -0.15) is 0 Å². The van der Waals surface area contributed by atoms with E-state index in [1.807, 2.05) is 6.92 Å². The molecule has 1 aromatic rings. The molecule has 0 fully saturated rings. The second kappa shape index (κ2) is 5.72. The molecule has 0 aliphatic rings. The first kappa shape index (κ1) is 12.0. The normalized spacial score (nSPS) is 12.5. The smallest absolute Gasteiger partial charge is 0.271 e. The number of H-pyrrole nitrogens is 1. The molecule has 1 unspecified atom stereocenters. The van der Waals surface area contributed by atoms with Crippen molar-refractivity contribution in [3.8, 4) is 0 Å². The van der Waals surface area contributed by atoms with Gasteiger partial charge in [0.25, 0.3) is 5.56 Å². The van der Waals surface area contributed by atoms with E-state index in [9.17, 15) is 9.90 Å². The molecule has 0 amide bonds. The molecule has 6 heteroatoms. The molecule has 84 valence electrons. The molecule has 0 aliphatic carbocycles. The second-order valence-corrected chi connectivity index (χ2v) is 3.55. The van der Waals surface area contributed by atoms with Gasteiger partial charge in [0.1, 0.15) is 5.02 Å². The van der Waals surface area contributed by atoms with Gasteiger partial charge in [0.05, 0.1) is 12.4 Å². The number of hydrogen-bond acceptors (Lipinski definition) is 4. The van der Waals surface area contributed by atoms with Crippen molar-refractivity contribution in [3.63, 3.8) is 0 Å². The summed E-state index contributed by atoms with van der Waals surface area (Å²) in [5.74, 6) is 0.351.